The van der Waals surface area contributed by atoms with Crippen molar-refractivity contribution in [3.8, 4) is 0 Å². The zero-order valence-electron chi connectivity index (χ0n) is 8.09. The van der Waals surface area contributed by atoms with Crippen LogP contribution in [0, 0.1) is 10.1 Å². The molecule has 0 aliphatic carbocycles. The molecule has 1 fully saturated rings. The number of nitro benzene ring substituents is 1. The first kappa shape index (κ1) is 12.6. The van der Waals surface area contributed by atoms with Gasteiger partial charge in [0.05, 0.1) is 30.3 Å². The SMILES string of the molecule is C.O=[N+]([O-])c1ccccc1COCC1CO1. The third kappa shape index (κ3) is 3.29. The van der Waals surface area contributed by atoms with E-state index in [0.29, 0.717) is 12.2 Å². The number of benzene rings is 1. The maximum atomic E-state index is 10.7. The molecule has 16 heavy (non-hydrogen) atoms. The van der Waals surface area contributed by atoms with Crippen LogP contribution in [0.1, 0.15) is 13.0 Å². The van der Waals surface area contributed by atoms with Crippen molar-refractivity contribution in [2.24, 2.45) is 0 Å². The second-order valence-corrected chi connectivity index (χ2v) is 3.36. The Morgan fingerprint density at radius 1 is 1.50 bits per heavy atom. The molecule has 2 rings (SSSR count). The molecule has 0 saturated carbocycles. The summed E-state index contributed by atoms with van der Waals surface area (Å²) in [6, 6.07) is 6.59. The molecular formula is C11H15NO4. The van der Waals surface area contributed by atoms with Crippen LogP contribution in [-0.4, -0.2) is 24.2 Å². The first-order chi connectivity index (χ1) is 7.27. The van der Waals surface area contributed by atoms with E-state index in [1.807, 2.05) is 0 Å². The van der Waals surface area contributed by atoms with Crippen LogP contribution in [0.5, 0.6) is 0 Å². The molecule has 0 bridgehead atoms. The second-order valence-electron chi connectivity index (χ2n) is 3.36. The number of ether oxygens (including phenoxy) is 2. The molecule has 0 spiro atoms. The van der Waals surface area contributed by atoms with Gasteiger partial charge in [0.15, 0.2) is 0 Å². The Morgan fingerprint density at radius 2 is 2.19 bits per heavy atom. The van der Waals surface area contributed by atoms with Crippen molar-refractivity contribution in [2.75, 3.05) is 13.2 Å². The Balaban J connectivity index is 0.00000128. The maximum Gasteiger partial charge on any atom is 0.274 e. The molecule has 1 aliphatic rings. The first-order valence-electron chi connectivity index (χ1n) is 4.69. The van der Waals surface area contributed by atoms with Crippen LogP contribution in [0.3, 0.4) is 0 Å². The minimum atomic E-state index is -0.397. The molecule has 0 radical (unpaired) electrons. The van der Waals surface area contributed by atoms with E-state index in [9.17, 15) is 10.1 Å². The summed E-state index contributed by atoms with van der Waals surface area (Å²) in [6.07, 6.45) is 0.188. The second kappa shape index (κ2) is 5.58. The molecule has 0 aromatic heterocycles. The monoisotopic (exact) mass is 225 g/mol. The van der Waals surface area contributed by atoms with Crippen LogP contribution in [0.2, 0.25) is 0 Å². The van der Waals surface area contributed by atoms with Crippen LogP contribution >= 0.6 is 0 Å². The van der Waals surface area contributed by atoms with Gasteiger partial charge < -0.3 is 9.47 Å². The highest BCUT2D eigenvalue weighted by Crippen LogP contribution is 2.19. The van der Waals surface area contributed by atoms with E-state index >= 15 is 0 Å². The summed E-state index contributed by atoms with van der Waals surface area (Å²) < 4.78 is 10.3. The predicted octanol–water partition coefficient (Wildman–Crippen LogP) is 2.15. The molecular weight excluding hydrogens is 210 g/mol. The molecule has 5 heteroatoms. The topological polar surface area (TPSA) is 64.9 Å². The predicted molar refractivity (Wildman–Crippen MR) is 59.2 cm³/mol. The van der Waals surface area contributed by atoms with Crippen molar-refractivity contribution >= 4 is 5.69 Å². The lowest BCUT2D eigenvalue weighted by atomic mass is 10.2. The summed E-state index contributed by atoms with van der Waals surface area (Å²) in [4.78, 5) is 10.3. The third-order valence-electron chi connectivity index (χ3n) is 2.15. The zero-order chi connectivity index (χ0) is 10.7. The summed E-state index contributed by atoms with van der Waals surface area (Å²) in [5, 5.41) is 10.7. The van der Waals surface area contributed by atoms with Crippen molar-refractivity contribution in [2.45, 2.75) is 20.1 Å². The summed E-state index contributed by atoms with van der Waals surface area (Å²) in [5.41, 5.74) is 0.706. The molecule has 0 amide bonds. The van der Waals surface area contributed by atoms with E-state index in [4.69, 9.17) is 9.47 Å². The van der Waals surface area contributed by atoms with Gasteiger partial charge in [-0.3, -0.25) is 10.1 Å². The lowest BCUT2D eigenvalue weighted by Gasteiger charge is -2.02. The fourth-order valence-corrected chi connectivity index (χ4v) is 1.28. The van der Waals surface area contributed by atoms with Gasteiger partial charge in [-0.15, -0.1) is 0 Å². The van der Waals surface area contributed by atoms with Crippen molar-refractivity contribution in [1.82, 2.24) is 0 Å². The zero-order valence-corrected chi connectivity index (χ0v) is 8.09. The van der Waals surface area contributed by atoms with E-state index in [0.717, 1.165) is 6.61 Å². The summed E-state index contributed by atoms with van der Waals surface area (Å²) >= 11 is 0. The molecule has 1 unspecified atom stereocenters. The molecule has 1 saturated heterocycles. The Labute approximate surface area is 94.1 Å². The van der Waals surface area contributed by atoms with E-state index in [-0.39, 0.29) is 25.8 Å². The van der Waals surface area contributed by atoms with E-state index < -0.39 is 4.92 Å². The number of nitro groups is 1. The smallest absolute Gasteiger partial charge is 0.274 e. The summed E-state index contributed by atoms with van der Waals surface area (Å²) in [7, 11) is 0. The van der Waals surface area contributed by atoms with Crippen molar-refractivity contribution < 1.29 is 14.4 Å². The minimum absolute atomic E-state index is 0. The largest absolute Gasteiger partial charge is 0.374 e. The molecule has 1 aliphatic heterocycles. The standard InChI is InChI=1S/C10H11NO4.CH4/c12-11(13)10-4-2-1-3-8(10)5-14-6-9-7-15-9;/h1-4,9H,5-7H2;1H4. The number of hydrogen-bond acceptors (Lipinski definition) is 4. The molecule has 1 aromatic carbocycles. The van der Waals surface area contributed by atoms with Crippen LogP contribution < -0.4 is 0 Å². The molecule has 1 heterocycles. The Kier molecular flexibility index (Phi) is 4.39. The van der Waals surface area contributed by atoms with Gasteiger partial charge in [0.2, 0.25) is 0 Å². The highest BCUT2D eigenvalue weighted by Gasteiger charge is 2.22. The van der Waals surface area contributed by atoms with E-state index in [1.54, 1.807) is 18.2 Å². The third-order valence-corrected chi connectivity index (χ3v) is 2.15. The number of epoxide rings is 1. The Morgan fingerprint density at radius 3 is 2.81 bits per heavy atom. The fourth-order valence-electron chi connectivity index (χ4n) is 1.28. The lowest BCUT2D eigenvalue weighted by molar-refractivity contribution is -0.385. The van der Waals surface area contributed by atoms with Crippen LogP contribution in [0.4, 0.5) is 5.69 Å². The van der Waals surface area contributed by atoms with Crippen LogP contribution in [-0.2, 0) is 16.1 Å². The van der Waals surface area contributed by atoms with Gasteiger partial charge in [-0.1, -0.05) is 19.6 Å². The van der Waals surface area contributed by atoms with Gasteiger partial charge in [-0.25, -0.2) is 0 Å². The maximum absolute atomic E-state index is 10.7. The average molecular weight is 225 g/mol. The summed E-state index contributed by atoms with van der Waals surface area (Å²) in [5.74, 6) is 0. The number of rotatable bonds is 5. The van der Waals surface area contributed by atoms with Gasteiger partial charge in [-0.05, 0) is 6.07 Å². The Hall–Kier alpha value is -1.46. The van der Waals surface area contributed by atoms with E-state index in [1.165, 1.54) is 6.07 Å². The molecule has 88 valence electrons. The van der Waals surface area contributed by atoms with Gasteiger partial charge in [0.1, 0.15) is 6.10 Å². The first-order valence-corrected chi connectivity index (χ1v) is 4.69. The normalized spacial score (nSPS) is 17.6. The van der Waals surface area contributed by atoms with Gasteiger partial charge >= 0.3 is 0 Å². The Bertz CT molecular complexity index is 363. The molecule has 1 aromatic rings. The van der Waals surface area contributed by atoms with Crippen molar-refractivity contribution in [3.05, 3.63) is 39.9 Å². The highest BCUT2D eigenvalue weighted by atomic mass is 16.6. The lowest BCUT2D eigenvalue weighted by Crippen LogP contribution is -2.03. The molecule has 0 N–H and O–H groups in total. The van der Waals surface area contributed by atoms with Gasteiger partial charge in [-0.2, -0.15) is 0 Å². The number of hydrogen-bond donors (Lipinski definition) is 0. The van der Waals surface area contributed by atoms with E-state index in [2.05, 4.69) is 0 Å². The molecule has 5 nitrogen and oxygen atoms in total. The van der Waals surface area contributed by atoms with Crippen LogP contribution in [0.15, 0.2) is 24.3 Å². The van der Waals surface area contributed by atoms with Gasteiger partial charge in [0.25, 0.3) is 5.69 Å². The number of nitrogens with zero attached hydrogens (tertiary/aromatic N) is 1. The number of para-hydroxylation sites is 1. The fraction of sp³-hybridized carbons (Fsp3) is 0.455. The summed E-state index contributed by atoms with van der Waals surface area (Å²) in [6.45, 7) is 1.50. The average Bonchev–Trinajstić information content (AvgIpc) is 3.02. The van der Waals surface area contributed by atoms with Crippen molar-refractivity contribution in [1.29, 1.82) is 0 Å². The molecule has 1 atom stereocenters. The minimum Gasteiger partial charge on any atom is -0.374 e. The van der Waals surface area contributed by atoms with Gasteiger partial charge in [0, 0.05) is 6.07 Å². The quantitative estimate of drug-likeness (QED) is 0.437. The van der Waals surface area contributed by atoms with Crippen LogP contribution in [0.25, 0.3) is 0 Å². The van der Waals surface area contributed by atoms with Crippen molar-refractivity contribution in [3.63, 3.8) is 0 Å². The highest BCUT2D eigenvalue weighted by molar-refractivity contribution is 5.39.